The Labute approximate surface area is 235 Å². The van der Waals surface area contributed by atoms with Gasteiger partial charge in [0.25, 0.3) is 5.91 Å². The predicted octanol–water partition coefficient (Wildman–Crippen LogP) is 6.69. The molecule has 4 rings (SSSR count). The summed E-state index contributed by atoms with van der Waals surface area (Å²) in [7, 11) is 0. The van der Waals surface area contributed by atoms with Crippen molar-refractivity contribution in [1.82, 2.24) is 10.2 Å². The van der Waals surface area contributed by atoms with Gasteiger partial charge in [0.2, 0.25) is 5.91 Å². The maximum Gasteiger partial charge on any atom is 0.261 e. The second-order valence-electron chi connectivity index (χ2n) is 9.97. The minimum Gasteiger partial charge on any atom is -0.483 e. The van der Waals surface area contributed by atoms with Crippen LogP contribution in [0.3, 0.4) is 0 Å². The number of nitrogens with one attached hydrogen (secondary N) is 1. The Bertz CT molecular complexity index is 1240. The smallest absolute Gasteiger partial charge is 0.261 e. The Hall–Kier alpha value is -3.02. The summed E-state index contributed by atoms with van der Waals surface area (Å²) >= 11 is 13.0. The Kier molecular flexibility index (Phi) is 9.70. The van der Waals surface area contributed by atoms with Crippen LogP contribution in [0.4, 0.5) is 0 Å². The standard InChI is InChI=1S/C31H34Cl2N2O3/c1-21-15-16-29(22(2)17-21)38-20-30(36)35(19-25-26(32)13-8-14-27(25)33)28(18-23-9-4-3-5-10-23)31(37)34-24-11-6-7-12-24/h3-5,8-10,13-17,24,28H,6-7,11-12,18-20H2,1-2H3,(H,34,37)/t28-/m0/s1. The monoisotopic (exact) mass is 552 g/mol. The highest BCUT2D eigenvalue weighted by Crippen LogP contribution is 2.28. The summed E-state index contributed by atoms with van der Waals surface area (Å²) in [6.07, 6.45) is 4.44. The number of halogens is 2. The topological polar surface area (TPSA) is 58.6 Å². The van der Waals surface area contributed by atoms with Gasteiger partial charge in [-0.05, 0) is 56.0 Å². The van der Waals surface area contributed by atoms with Crippen molar-refractivity contribution in [1.29, 1.82) is 0 Å². The molecule has 5 nitrogen and oxygen atoms in total. The van der Waals surface area contributed by atoms with Crippen LogP contribution < -0.4 is 10.1 Å². The van der Waals surface area contributed by atoms with Gasteiger partial charge < -0.3 is 15.0 Å². The maximum absolute atomic E-state index is 13.8. The first-order valence-electron chi connectivity index (χ1n) is 13.1. The number of hydrogen-bond donors (Lipinski definition) is 1. The van der Waals surface area contributed by atoms with E-state index in [0.29, 0.717) is 27.8 Å². The van der Waals surface area contributed by atoms with Gasteiger partial charge in [-0.3, -0.25) is 9.59 Å². The lowest BCUT2D eigenvalue weighted by molar-refractivity contribution is -0.143. The van der Waals surface area contributed by atoms with Gasteiger partial charge in [-0.1, -0.05) is 90.1 Å². The van der Waals surface area contributed by atoms with E-state index >= 15 is 0 Å². The highest BCUT2D eigenvalue weighted by molar-refractivity contribution is 6.36. The molecular formula is C31H34Cl2N2O3. The minimum absolute atomic E-state index is 0.0865. The van der Waals surface area contributed by atoms with E-state index in [9.17, 15) is 9.59 Å². The molecule has 200 valence electrons. The van der Waals surface area contributed by atoms with Crippen molar-refractivity contribution < 1.29 is 14.3 Å². The SMILES string of the molecule is Cc1ccc(OCC(=O)N(Cc2c(Cl)cccc2Cl)[C@@H](Cc2ccccc2)C(=O)NC2CCCC2)c(C)c1. The van der Waals surface area contributed by atoms with Gasteiger partial charge >= 0.3 is 0 Å². The molecule has 1 N–H and O–H groups in total. The van der Waals surface area contributed by atoms with E-state index in [0.717, 1.165) is 42.4 Å². The minimum atomic E-state index is -0.763. The zero-order chi connectivity index (χ0) is 27.1. The molecule has 1 aliphatic carbocycles. The molecule has 0 radical (unpaired) electrons. The Morgan fingerprint density at radius 2 is 1.66 bits per heavy atom. The summed E-state index contributed by atoms with van der Waals surface area (Å²) in [5.74, 6) is 0.141. The number of aryl methyl sites for hydroxylation is 2. The van der Waals surface area contributed by atoms with E-state index in [-0.39, 0.29) is 31.0 Å². The fraction of sp³-hybridized carbons (Fsp3) is 0.355. The Morgan fingerprint density at radius 1 is 0.974 bits per heavy atom. The summed E-state index contributed by atoms with van der Waals surface area (Å²) in [6.45, 7) is 3.83. The van der Waals surface area contributed by atoms with Gasteiger partial charge in [0.15, 0.2) is 6.61 Å². The number of amides is 2. The van der Waals surface area contributed by atoms with E-state index in [1.54, 1.807) is 23.1 Å². The molecule has 3 aromatic rings. The highest BCUT2D eigenvalue weighted by Gasteiger charge is 2.33. The normalized spacial score (nSPS) is 14.2. The number of benzene rings is 3. The first-order chi connectivity index (χ1) is 18.3. The number of ether oxygens (including phenoxy) is 1. The molecule has 0 unspecified atom stereocenters. The summed E-state index contributed by atoms with van der Waals surface area (Å²) in [6, 6.07) is 20.1. The second kappa shape index (κ2) is 13.2. The third-order valence-electron chi connectivity index (χ3n) is 7.04. The molecule has 0 aromatic heterocycles. The Morgan fingerprint density at radius 3 is 2.32 bits per heavy atom. The zero-order valence-corrected chi connectivity index (χ0v) is 23.4. The van der Waals surface area contributed by atoms with E-state index in [1.165, 1.54) is 0 Å². The molecule has 1 aliphatic rings. The fourth-order valence-electron chi connectivity index (χ4n) is 4.96. The van der Waals surface area contributed by atoms with Crippen molar-refractivity contribution in [3.8, 4) is 5.75 Å². The van der Waals surface area contributed by atoms with Gasteiger partial charge in [-0.2, -0.15) is 0 Å². The van der Waals surface area contributed by atoms with E-state index in [2.05, 4.69) is 5.32 Å². The van der Waals surface area contributed by atoms with E-state index in [4.69, 9.17) is 27.9 Å². The fourth-order valence-corrected chi connectivity index (χ4v) is 5.48. The zero-order valence-electron chi connectivity index (χ0n) is 21.9. The molecule has 1 saturated carbocycles. The first-order valence-corrected chi connectivity index (χ1v) is 13.8. The van der Waals surface area contributed by atoms with Crippen LogP contribution in [-0.2, 0) is 22.6 Å². The molecule has 7 heteroatoms. The second-order valence-corrected chi connectivity index (χ2v) is 10.8. The molecule has 0 heterocycles. The number of carbonyl (C=O) groups excluding carboxylic acids is 2. The van der Waals surface area contributed by atoms with Gasteiger partial charge in [0.1, 0.15) is 11.8 Å². The quantitative estimate of drug-likeness (QED) is 0.305. The summed E-state index contributed by atoms with van der Waals surface area (Å²) in [5, 5.41) is 4.09. The highest BCUT2D eigenvalue weighted by atomic mass is 35.5. The van der Waals surface area contributed by atoms with Crippen LogP contribution in [-0.4, -0.2) is 35.4 Å². The largest absolute Gasteiger partial charge is 0.483 e. The van der Waals surface area contributed by atoms with Crippen molar-refractivity contribution in [2.45, 2.75) is 64.6 Å². The number of carbonyl (C=O) groups is 2. The van der Waals surface area contributed by atoms with Gasteiger partial charge in [0.05, 0.1) is 0 Å². The molecular weight excluding hydrogens is 519 g/mol. The van der Waals surface area contributed by atoms with Gasteiger partial charge in [-0.25, -0.2) is 0 Å². The van der Waals surface area contributed by atoms with Gasteiger partial charge in [-0.15, -0.1) is 0 Å². The average Bonchev–Trinajstić information content (AvgIpc) is 3.40. The van der Waals surface area contributed by atoms with Crippen LogP contribution in [0.25, 0.3) is 0 Å². The lowest BCUT2D eigenvalue weighted by Gasteiger charge is -2.32. The number of rotatable bonds is 10. The molecule has 1 atom stereocenters. The van der Waals surface area contributed by atoms with Crippen LogP contribution in [0.1, 0.15) is 47.9 Å². The summed E-state index contributed by atoms with van der Waals surface area (Å²) in [5.41, 5.74) is 3.61. The molecule has 0 bridgehead atoms. The molecule has 38 heavy (non-hydrogen) atoms. The predicted molar refractivity (Wildman–Crippen MR) is 153 cm³/mol. The lowest BCUT2D eigenvalue weighted by atomic mass is 10.0. The van der Waals surface area contributed by atoms with Crippen molar-refractivity contribution in [2.24, 2.45) is 0 Å². The van der Waals surface area contributed by atoms with Crippen LogP contribution in [0.2, 0.25) is 10.0 Å². The molecule has 0 spiro atoms. The van der Waals surface area contributed by atoms with Crippen molar-refractivity contribution in [2.75, 3.05) is 6.61 Å². The number of nitrogens with zero attached hydrogens (tertiary/aromatic N) is 1. The maximum atomic E-state index is 13.8. The molecule has 0 saturated heterocycles. The Balaban J connectivity index is 1.66. The van der Waals surface area contributed by atoms with Crippen molar-refractivity contribution >= 4 is 35.0 Å². The van der Waals surface area contributed by atoms with E-state index < -0.39 is 6.04 Å². The average molecular weight is 554 g/mol. The van der Waals surface area contributed by atoms with Crippen molar-refractivity contribution in [3.63, 3.8) is 0 Å². The summed E-state index contributed by atoms with van der Waals surface area (Å²) in [4.78, 5) is 29.2. The van der Waals surface area contributed by atoms with Crippen molar-refractivity contribution in [3.05, 3.63) is 99.0 Å². The molecule has 0 aliphatic heterocycles. The first kappa shape index (κ1) is 28.0. The molecule has 3 aromatic carbocycles. The van der Waals surface area contributed by atoms with Crippen LogP contribution in [0, 0.1) is 13.8 Å². The van der Waals surface area contributed by atoms with Crippen LogP contribution in [0.15, 0.2) is 66.7 Å². The van der Waals surface area contributed by atoms with E-state index in [1.807, 2.05) is 62.4 Å². The third kappa shape index (κ3) is 7.30. The molecule has 2 amide bonds. The van der Waals surface area contributed by atoms with Gasteiger partial charge in [0, 0.05) is 34.6 Å². The third-order valence-corrected chi connectivity index (χ3v) is 7.75. The van der Waals surface area contributed by atoms with Crippen LogP contribution in [0.5, 0.6) is 5.75 Å². The molecule has 1 fully saturated rings. The van der Waals surface area contributed by atoms with Crippen LogP contribution >= 0.6 is 23.2 Å². The summed E-state index contributed by atoms with van der Waals surface area (Å²) < 4.78 is 5.96. The lowest BCUT2D eigenvalue weighted by Crippen LogP contribution is -2.53. The number of hydrogen-bond acceptors (Lipinski definition) is 3.